The molecule has 7 heteroatoms. The molecule has 0 saturated heterocycles. The lowest BCUT2D eigenvalue weighted by molar-refractivity contribution is -0.121. The second-order valence-corrected chi connectivity index (χ2v) is 7.05. The minimum absolute atomic E-state index is 0.0168. The highest BCUT2D eigenvalue weighted by Gasteiger charge is 2.23. The van der Waals surface area contributed by atoms with Crippen molar-refractivity contribution in [3.8, 4) is 0 Å². The number of nitrogens with two attached hydrogens (primary N) is 1. The van der Waals surface area contributed by atoms with Crippen LogP contribution in [-0.2, 0) is 14.8 Å². The van der Waals surface area contributed by atoms with Crippen molar-refractivity contribution in [1.29, 1.82) is 0 Å². The molecule has 2 rings (SSSR count). The molecule has 1 fully saturated rings. The summed E-state index contributed by atoms with van der Waals surface area (Å²) in [5, 5.41) is 2.87. The van der Waals surface area contributed by atoms with Crippen LogP contribution in [0.2, 0.25) is 0 Å². The number of rotatable bonds is 7. The second kappa shape index (κ2) is 6.44. The Morgan fingerprint density at radius 2 is 2.10 bits per heavy atom. The van der Waals surface area contributed by atoms with Gasteiger partial charge in [0.1, 0.15) is 0 Å². The maximum absolute atomic E-state index is 12.2. The predicted octanol–water partition coefficient (Wildman–Crippen LogP) is 0.914. The van der Waals surface area contributed by atoms with Gasteiger partial charge in [0.05, 0.1) is 4.90 Å². The van der Waals surface area contributed by atoms with Crippen LogP contribution in [0.1, 0.15) is 31.2 Å². The smallest absolute Gasteiger partial charge is 0.240 e. The summed E-state index contributed by atoms with van der Waals surface area (Å²) in [6.45, 7) is 1.90. The van der Waals surface area contributed by atoms with Crippen LogP contribution in [0.25, 0.3) is 0 Å². The monoisotopic (exact) mass is 311 g/mol. The third-order valence-corrected chi connectivity index (χ3v) is 5.04. The number of carbonyl (C=O) groups is 1. The molecule has 0 heterocycles. The van der Waals surface area contributed by atoms with E-state index in [1.807, 2.05) is 0 Å². The summed E-state index contributed by atoms with van der Waals surface area (Å²) >= 11 is 0. The van der Waals surface area contributed by atoms with Gasteiger partial charge in [-0.3, -0.25) is 4.79 Å². The van der Waals surface area contributed by atoms with Gasteiger partial charge in [0.15, 0.2) is 0 Å². The van der Waals surface area contributed by atoms with Crippen molar-refractivity contribution in [3.63, 3.8) is 0 Å². The summed E-state index contributed by atoms with van der Waals surface area (Å²) in [4.78, 5) is 11.7. The van der Waals surface area contributed by atoms with Crippen LogP contribution in [0.15, 0.2) is 23.1 Å². The fraction of sp³-hybridized carbons (Fsp3) is 0.500. The number of hydrogen-bond acceptors (Lipinski definition) is 4. The lowest BCUT2D eigenvalue weighted by Gasteiger charge is -2.10. The summed E-state index contributed by atoms with van der Waals surface area (Å²) in [5.74, 6) is -0.0168. The van der Waals surface area contributed by atoms with E-state index in [1.54, 1.807) is 19.1 Å². The van der Waals surface area contributed by atoms with Gasteiger partial charge in [0.25, 0.3) is 0 Å². The van der Waals surface area contributed by atoms with Crippen molar-refractivity contribution in [1.82, 2.24) is 10.0 Å². The van der Waals surface area contributed by atoms with Crippen LogP contribution in [0.5, 0.6) is 0 Å². The maximum Gasteiger partial charge on any atom is 0.240 e. The zero-order valence-corrected chi connectivity index (χ0v) is 12.9. The van der Waals surface area contributed by atoms with Gasteiger partial charge in [-0.2, -0.15) is 0 Å². The highest BCUT2D eigenvalue weighted by Crippen LogP contribution is 2.20. The molecular weight excluding hydrogens is 290 g/mol. The first-order valence-corrected chi connectivity index (χ1v) is 8.52. The number of benzene rings is 1. The normalized spacial score (nSPS) is 14.9. The van der Waals surface area contributed by atoms with E-state index in [9.17, 15) is 13.2 Å². The first-order valence-electron chi connectivity index (χ1n) is 7.04. The van der Waals surface area contributed by atoms with Gasteiger partial charge >= 0.3 is 0 Å². The number of amides is 1. The molecule has 116 valence electrons. The first kappa shape index (κ1) is 15.8. The summed E-state index contributed by atoms with van der Waals surface area (Å²) in [6.07, 6.45) is 2.90. The third kappa shape index (κ3) is 4.44. The zero-order chi connectivity index (χ0) is 15.5. The molecule has 0 aromatic heterocycles. The van der Waals surface area contributed by atoms with E-state index in [-0.39, 0.29) is 17.3 Å². The molecule has 0 spiro atoms. The summed E-state index contributed by atoms with van der Waals surface area (Å²) in [6, 6.07) is 5.13. The van der Waals surface area contributed by atoms with E-state index in [0.29, 0.717) is 30.1 Å². The van der Waals surface area contributed by atoms with Crippen molar-refractivity contribution in [2.45, 2.75) is 43.5 Å². The van der Waals surface area contributed by atoms with Crippen LogP contribution in [0.4, 0.5) is 5.69 Å². The summed E-state index contributed by atoms with van der Waals surface area (Å²) in [5.41, 5.74) is 6.70. The first-order chi connectivity index (χ1) is 9.90. The molecule has 1 amide bonds. The highest BCUT2D eigenvalue weighted by molar-refractivity contribution is 7.89. The average Bonchev–Trinajstić information content (AvgIpc) is 3.21. The summed E-state index contributed by atoms with van der Waals surface area (Å²) in [7, 11) is -3.58. The fourth-order valence-corrected chi connectivity index (χ4v) is 3.33. The molecular formula is C14H21N3O3S. The topological polar surface area (TPSA) is 101 Å². The molecule has 0 unspecified atom stereocenters. The Morgan fingerprint density at radius 3 is 2.76 bits per heavy atom. The fourth-order valence-electron chi connectivity index (χ4n) is 1.98. The Kier molecular flexibility index (Phi) is 4.84. The Balaban J connectivity index is 1.83. The minimum Gasteiger partial charge on any atom is -0.398 e. The van der Waals surface area contributed by atoms with Gasteiger partial charge < -0.3 is 11.1 Å². The standard InChI is InChI=1S/C14H21N3O3S/c1-10-12(15)4-2-5-13(10)21(19,20)16-9-3-6-14(18)17-11-7-8-11/h2,4-5,11,16H,3,6-9,15H2,1H3,(H,17,18). The molecule has 0 bridgehead atoms. The second-order valence-electron chi connectivity index (χ2n) is 5.31. The molecule has 21 heavy (non-hydrogen) atoms. The summed E-state index contributed by atoms with van der Waals surface area (Å²) < 4.78 is 26.8. The molecule has 1 aromatic carbocycles. The molecule has 1 aliphatic carbocycles. The lowest BCUT2D eigenvalue weighted by Crippen LogP contribution is -2.29. The predicted molar refractivity (Wildman–Crippen MR) is 81.2 cm³/mol. The quantitative estimate of drug-likeness (QED) is 0.514. The van der Waals surface area contributed by atoms with Gasteiger partial charge in [-0.1, -0.05) is 6.07 Å². The van der Waals surface area contributed by atoms with E-state index < -0.39 is 10.0 Å². The van der Waals surface area contributed by atoms with Crippen LogP contribution in [0, 0.1) is 6.92 Å². The van der Waals surface area contributed by atoms with E-state index >= 15 is 0 Å². The van der Waals surface area contributed by atoms with Gasteiger partial charge in [0.2, 0.25) is 15.9 Å². The molecule has 0 aliphatic heterocycles. The van der Waals surface area contributed by atoms with Crippen molar-refractivity contribution in [2.75, 3.05) is 12.3 Å². The number of anilines is 1. The molecule has 6 nitrogen and oxygen atoms in total. The molecule has 4 N–H and O–H groups in total. The van der Waals surface area contributed by atoms with Crippen molar-refractivity contribution in [2.24, 2.45) is 0 Å². The number of hydrogen-bond donors (Lipinski definition) is 3. The lowest BCUT2D eigenvalue weighted by atomic mass is 10.2. The Bertz CT molecular complexity index is 624. The number of carbonyl (C=O) groups excluding carboxylic acids is 1. The van der Waals surface area contributed by atoms with Gasteiger partial charge in [-0.25, -0.2) is 13.1 Å². The molecule has 0 atom stereocenters. The molecule has 1 aromatic rings. The number of nitrogen functional groups attached to an aromatic ring is 1. The largest absolute Gasteiger partial charge is 0.398 e. The van der Waals surface area contributed by atoms with E-state index in [0.717, 1.165) is 12.8 Å². The number of sulfonamides is 1. The van der Waals surface area contributed by atoms with E-state index in [4.69, 9.17) is 5.73 Å². The average molecular weight is 311 g/mol. The molecule has 1 saturated carbocycles. The molecule has 1 aliphatic rings. The Hall–Kier alpha value is -1.60. The number of nitrogens with one attached hydrogen (secondary N) is 2. The Labute approximate surface area is 125 Å². The van der Waals surface area contributed by atoms with Crippen LogP contribution in [0.3, 0.4) is 0 Å². The van der Waals surface area contributed by atoms with Gasteiger partial charge in [0, 0.05) is 24.7 Å². The Morgan fingerprint density at radius 1 is 1.38 bits per heavy atom. The van der Waals surface area contributed by atoms with Crippen LogP contribution in [-0.4, -0.2) is 26.9 Å². The van der Waals surface area contributed by atoms with Crippen LogP contribution >= 0.6 is 0 Å². The van der Waals surface area contributed by atoms with E-state index in [1.165, 1.54) is 6.07 Å². The van der Waals surface area contributed by atoms with Crippen molar-refractivity contribution in [3.05, 3.63) is 23.8 Å². The van der Waals surface area contributed by atoms with Crippen molar-refractivity contribution >= 4 is 21.6 Å². The zero-order valence-electron chi connectivity index (χ0n) is 12.1. The molecule has 0 radical (unpaired) electrons. The SMILES string of the molecule is Cc1c(N)cccc1S(=O)(=O)NCCCC(=O)NC1CC1. The van der Waals surface area contributed by atoms with Crippen molar-refractivity contribution < 1.29 is 13.2 Å². The van der Waals surface area contributed by atoms with Crippen LogP contribution < -0.4 is 15.8 Å². The third-order valence-electron chi connectivity index (χ3n) is 3.43. The highest BCUT2D eigenvalue weighted by atomic mass is 32.2. The van der Waals surface area contributed by atoms with Gasteiger partial charge in [-0.15, -0.1) is 0 Å². The minimum atomic E-state index is -3.58. The van der Waals surface area contributed by atoms with E-state index in [2.05, 4.69) is 10.0 Å². The maximum atomic E-state index is 12.2. The van der Waals surface area contributed by atoms with Gasteiger partial charge in [-0.05, 0) is 43.9 Å².